The molecule has 1 aliphatic heterocycles. The number of benzene rings is 1. The molecule has 0 spiro atoms. The number of hydrogen-bond donors (Lipinski definition) is 2. The lowest BCUT2D eigenvalue weighted by atomic mass is 10.1. The molecule has 0 bridgehead atoms. The second-order valence-electron chi connectivity index (χ2n) is 4.31. The molecular weight excluding hydrogens is 286 g/mol. The summed E-state index contributed by atoms with van der Waals surface area (Å²) in [5, 5.41) is 8.54. The van der Waals surface area contributed by atoms with E-state index >= 15 is 0 Å². The van der Waals surface area contributed by atoms with Crippen LogP contribution in [-0.2, 0) is 14.8 Å². The van der Waals surface area contributed by atoms with Crippen molar-refractivity contribution >= 4 is 27.8 Å². The minimum atomic E-state index is -3.56. The van der Waals surface area contributed by atoms with E-state index in [0.717, 1.165) is 16.2 Å². The van der Waals surface area contributed by atoms with E-state index in [9.17, 15) is 13.2 Å². The Morgan fingerprint density at radius 1 is 1.42 bits per heavy atom. The molecule has 1 unspecified atom stereocenters. The molecule has 2 N–H and O–H groups in total. The van der Waals surface area contributed by atoms with Gasteiger partial charge in [-0.2, -0.15) is 0 Å². The van der Waals surface area contributed by atoms with Gasteiger partial charge in [0.05, 0.1) is 12.2 Å². The van der Waals surface area contributed by atoms with Crippen LogP contribution in [0, 0.1) is 0 Å². The van der Waals surface area contributed by atoms with E-state index < -0.39 is 16.0 Å². The summed E-state index contributed by atoms with van der Waals surface area (Å²) in [7, 11) is -3.56. The Morgan fingerprint density at radius 3 is 2.89 bits per heavy atom. The summed E-state index contributed by atoms with van der Waals surface area (Å²) >= 11 is 1.71. The minimum Gasteiger partial charge on any atom is -0.481 e. The van der Waals surface area contributed by atoms with Crippen LogP contribution in [-0.4, -0.2) is 31.0 Å². The summed E-state index contributed by atoms with van der Waals surface area (Å²) < 4.78 is 26.3. The van der Waals surface area contributed by atoms with E-state index in [1.165, 1.54) is 0 Å². The Bertz CT molecular complexity index is 571. The van der Waals surface area contributed by atoms with Crippen LogP contribution in [0.4, 0.5) is 0 Å². The summed E-state index contributed by atoms with van der Waals surface area (Å²) in [6, 6.07) is 7.43. The first kappa shape index (κ1) is 14.4. The predicted octanol–water partition coefficient (Wildman–Crippen LogP) is 1.62. The molecule has 1 atom stereocenters. The molecule has 1 aromatic carbocycles. The van der Waals surface area contributed by atoms with E-state index in [1.54, 1.807) is 11.8 Å². The van der Waals surface area contributed by atoms with Gasteiger partial charge in [0.15, 0.2) is 0 Å². The number of hydrogen-bond acceptors (Lipinski definition) is 4. The van der Waals surface area contributed by atoms with Crippen LogP contribution in [0.5, 0.6) is 0 Å². The van der Waals surface area contributed by atoms with Crippen molar-refractivity contribution in [1.82, 2.24) is 4.72 Å². The van der Waals surface area contributed by atoms with Crippen LogP contribution in [0.15, 0.2) is 29.2 Å². The van der Waals surface area contributed by atoms with Gasteiger partial charge in [-0.3, -0.25) is 4.79 Å². The zero-order valence-electron chi connectivity index (χ0n) is 10.2. The molecule has 0 fully saturated rings. The van der Waals surface area contributed by atoms with Gasteiger partial charge in [0.1, 0.15) is 0 Å². The van der Waals surface area contributed by atoms with Crippen molar-refractivity contribution in [3.8, 4) is 0 Å². The van der Waals surface area contributed by atoms with Gasteiger partial charge in [0.25, 0.3) is 0 Å². The zero-order chi connectivity index (χ0) is 13.9. The summed E-state index contributed by atoms with van der Waals surface area (Å²) in [5.41, 5.74) is 0.970. The number of carboxylic acid groups (broad SMARTS) is 1. The normalized spacial score (nSPS) is 18.8. The van der Waals surface area contributed by atoms with Crippen molar-refractivity contribution in [3.05, 3.63) is 29.8 Å². The highest BCUT2D eigenvalue weighted by molar-refractivity contribution is 7.99. The predicted molar refractivity (Wildman–Crippen MR) is 73.7 cm³/mol. The van der Waals surface area contributed by atoms with Gasteiger partial charge in [-0.05, 0) is 23.8 Å². The van der Waals surface area contributed by atoms with Gasteiger partial charge in [-0.1, -0.05) is 18.2 Å². The molecule has 1 heterocycles. The van der Waals surface area contributed by atoms with Gasteiger partial charge in [0.2, 0.25) is 10.0 Å². The summed E-state index contributed by atoms with van der Waals surface area (Å²) in [6.07, 6.45) is 0.340. The van der Waals surface area contributed by atoms with E-state index in [2.05, 4.69) is 4.72 Å². The number of sulfonamides is 1. The first-order chi connectivity index (χ1) is 8.98. The molecule has 1 aliphatic rings. The summed E-state index contributed by atoms with van der Waals surface area (Å²) in [5.74, 6) is -0.637. The van der Waals surface area contributed by atoms with Crippen molar-refractivity contribution in [2.75, 3.05) is 11.5 Å². The van der Waals surface area contributed by atoms with Crippen molar-refractivity contribution in [2.45, 2.75) is 23.8 Å². The Kier molecular flexibility index (Phi) is 4.49. The topological polar surface area (TPSA) is 83.5 Å². The molecule has 7 heteroatoms. The number of nitrogens with one attached hydrogen (secondary N) is 1. The molecule has 5 nitrogen and oxygen atoms in total. The highest BCUT2D eigenvalue weighted by atomic mass is 32.2. The highest BCUT2D eigenvalue weighted by Gasteiger charge is 2.25. The fourth-order valence-electron chi connectivity index (χ4n) is 1.96. The van der Waals surface area contributed by atoms with Gasteiger partial charge in [-0.15, -0.1) is 11.8 Å². The third-order valence-electron chi connectivity index (χ3n) is 2.86. The van der Waals surface area contributed by atoms with Crippen LogP contribution >= 0.6 is 11.8 Å². The lowest BCUT2D eigenvalue weighted by molar-refractivity contribution is -0.136. The molecule has 0 saturated heterocycles. The Morgan fingerprint density at radius 2 is 2.16 bits per heavy atom. The van der Waals surface area contributed by atoms with Gasteiger partial charge < -0.3 is 5.11 Å². The SMILES string of the molecule is O=C(O)CCS(=O)(=O)NC1CCSc2ccccc21. The van der Waals surface area contributed by atoms with Crippen molar-refractivity contribution < 1.29 is 18.3 Å². The second-order valence-corrected chi connectivity index (χ2v) is 7.32. The van der Waals surface area contributed by atoms with Crippen molar-refractivity contribution in [3.63, 3.8) is 0 Å². The summed E-state index contributed by atoms with van der Waals surface area (Å²) in [4.78, 5) is 11.5. The number of thioether (sulfide) groups is 1. The monoisotopic (exact) mass is 301 g/mol. The molecule has 19 heavy (non-hydrogen) atoms. The minimum absolute atomic E-state index is 0.253. The maximum absolute atomic E-state index is 11.8. The van der Waals surface area contributed by atoms with Crippen molar-refractivity contribution in [1.29, 1.82) is 0 Å². The molecule has 0 aromatic heterocycles. The lowest BCUT2D eigenvalue weighted by Crippen LogP contribution is -2.33. The molecule has 2 rings (SSSR count). The average molecular weight is 301 g/mol. The molecule has 104 valence electrons. The number of fused-ring (bicyclic) bond motifs is 1. The van der Waals surface area contributed by atoms with Crippen LogP contribution in [0.3, 0.4) is 0 Å². The van der Waals surface area contributed by atoms with Crippen LogP contribution in [0.25, 0.3) is 0 Å². The van der Waals surface area contributed by atoms with E-state index in [4.69, 9.17) is 5.11 Å². The fraction of sp³-hybridized carbons (Fsp3) is 0.417. The first-order valence-electron chi connectivity index (χ1n) is 5.91. The summed E-state index contributed by atoms with van der Waals surface area (Å²) in [6.45, 7) is 0. The maximum atomic E-state index is 11.8. The average Bonchev–Trinajstić information content (AvgIpc) is 2.37. The smallest absolute Gasteiger partial charge is 0.304 e. The lowest BCUT2D eigenvalue weighted by Gasteiger charge is -2.25. The number of carboxylic acids is 1. The molecule has 0 radical (unpaired) electrons. The highest BCUT2D eigenvalue weighted by Crippen LogP contribution is 2.36. The Balaban J connectivity index is 2.10. The van der Waals surface area contributed by atoms with Crippen molar-refractivity contribution in [2.24, 2.45) is 0 Å². The Labute approximate surface area is 116 Å². The van der Waals surface area contributed by atoms with Crippen LogP contribution < -0.4 is 4.72 Å². The third-order valence-corrected chi connectivity index (χ3v) is 5.37. The van der Waals surface area contributed by atoms with Crippen LogP contribution in [0.1, 0.15) is 24.4 Å². The fourth-order valence-corrected chi connectivity index (χ4v) is 4.33. The van der Waals surface area contributed by atoms with Gasteiger partial charge in [-0.25, -0.2) is 13.1 Å². The zero-order valence-corrected chi connectivity index (χ0v) is 11.8. The van der Waals surface area contributed by atoms with Gasteiger partial charge >= 0.3 is 5.97 Å². The van der Waals surface area contributed by atoms with E-state index in [0.29, 0.717) is 6.42 Å². The van der Waals surface area contributed by atoms with Gasteiger partial charge in [0, 0.05) is 10.9 Å². The van der Waals surface area contributed by atoms with Crippen LogP contribution in [0.2, 0.25) is 0 Å². The largest absolute Gasteiger partial charge is 0.481 e. The molecule has 0 aliphatic carbocycles. The second kappa shape index (κ2) is 5.94. The number of aliphatic carboxylic acids is 1. The number of carbonyl (C=O) groups is 1. The Hall–Kier alpha value is -1.05. The molecule has 1 aromatic rings. The maximum Gasteiger partial charge on any atom is 0.304 e. The standard InChI is InChI=1S/C12H15NO4S2/c14-12(15)6-8-19(16,17)13-10-5-7-18-11-4-2-1-3-9(10)11/h1-4,10,13H,5-8H2,(H,14,15). The molecular formula is C12H15NO4S2. The quantitative estimate of drug-likeness (QED) is 0.863. The first-order valence-corrected chi connectivity index (χ1v) is 8.55. The van der Waals surface area contributed by atoms with E-state index in [-0.39, 0.29) is 18.2 Å². The molecule has 0 saturated carbocycles. The number of rotatable bonds is 5. The third kappa shape index (κ3) is 3.95. The molecule has 0 amide bonds. The van der Waals surface area contributed by atoms with E-state index in [1.807, 2.05) is 24.3 Å².